The molecule has 4 heteroatoms. The van der Waals surface area contributed by atoms with Crippen LogP contribution in [0.3, 0.4) is 0 Å². The van der Waals surface area contributed by atoms with Gasteiger partial charge in [0.1, 0.15) is 0 Å². The molecule has 0 unspecified atom stereocenters. The van der Waals surface area contributed by atoms with E-state index in [0.29, 0.717) is 0 Å². The Morgan fingerprint density at radius 3 is 2.56 bits per heavy atom. The second kappa shape index (κ2) is 10.3. The molecule has 2 aliphatic rings. The van der Waals surface area contributed by atoms with Gasteiger partial charge in [-0.3, -0.25) is 9.78 Å². The first-order valence-corrected chi connectivity index (χ1v) is 13.0. The lowest BCUT2D eigenvalue weighted by Crippen LogP contribution is -2.38. The molecule has 1 fully saturated rings. The van der Waals surface area contributed by atoms with Gasteiger partial charge in [0.15, 0.2) is 0 Å². The summed E-state index contributed by atoms with van der Waals surface area (Å²) in [5.74, 6) is 0.828. The van der Waals surface area contributed by atoms with Crippen molar-refractivity contribution in [2.75, 3.05) is 19.6 Å². The van der Waals surface area contributed by atoms with Crippen LogP contribution in [0.2, 0.25) is 0 Å². The molecule has 0 radical (unpaired) electrons. The summed E-state index contributed by atoms with van der Waals surface area (Å²) in [6, 6.07) is 17.1. The average molecular weight is 456 g/mol. The van der Waals surface area contributed by atoms with E-state index >= 15 is 0 Å². The SMILES string of the molecule is Cc1ccc2c(c1)CCN(CCC1CCC(NC(=O)c3cc(C)nc4ccccc34)CC1)CC2. The number of hydrogen-bond donors (Lipinski definition) is 1. The Kier molecular flexibility index (Phi) is 6.96. The van der Waals surface area contributed by atoms with Gasteiger partial charge in [0.25, 0.3) is 5.91 Å². The number of pyridine rings is 1. The quantitative estimate of drug-likeness (QED) is 0.542. The topological polar surface area (TPSA) is 45.2 Å². The fraction of sp³-hybridized carbons (Fsp3) is 0.467. The van der Waals surface area contributed by atoms with Gasteiger partial charge in [-0.2, -0.15) is 0 Å². The highest BCUT2D eigenvalue weighted by Crippen LogP contribution is 2.28. The van der Waals surface area contributed by atoms with E-state index in [4.69, 9.17) is 0 Å². The monoisotopic (exact) mass is 455 g/mol. The van der Waals surface area contributed by atoms with E-state index in [0.717, 1.165) is 40.9 Å². The molecule has 34 heavy (non-hydrogen) atoms. The van der Waals surface area contributed by atoms with Crippen molar-refractivity contribution in [2.45, 2.75) is 64.8 Å². The minimum atomic E-state index is 0.0459. The van der Waals surface area contributed by atoms with Crippen molar-refractivity contribution in [3.8, 4) is 0 Å². The molecular formula is C30H37N3O. The summed E-state index contributed by atoms with van der Waals surface area (Å²) in [7, 11) is 0. The number of aromatic nitrogens is 1. The van der Waals surface area contributed by atoms with Gasteiger partial charge in [0.2, 0.25) is 0 Å². The molecule has 1 aliphatic heterocycles. The predicted molar refractivity (Wildman–Crippen MR) is 139 cm³/mol. The summed E-state index contributed by atoms with van der Waals surface area (Å²) in [6.45, 7) is 7.72. The van der Waals surface area contributed by atoms with Crippen molar-refractivity contribution >= 4 is 16.8 Å². The number of rotatable bonds is 5. The lowest BCUT2D eigenvalue weighted by atomic mass is 9.84. The third-order valence-electron chi connectivity index (χ3n) is 7.88. The highest BCUT2D eigenvalue weighted by atomic mass is 16.1. The predicted octanol–water partition coefficient (Wildman–Crippen LogP) is 5.63. The molecule has 0 atom stereocenters. The summed E-state index contributed by atoms with van der Waals surface area (Å²) in [4.78, 5) is 20.3. The first-order valence-electron chi connectivity index (χ1n) is 13.0. The molecular weight excluding hydrogens is 418 g/mol. The molecule has 2 aromatic carbocycles. The number of benzene rings is 2. The Morgan fingerprint density at radius 2 is 1.74 bits per heavy atom. The first kappa shape index (κ1) is 23.0. The first-order chi connectivity index (χ1) is 16.5. The molecule has 5 rings (SSSR count). The second-order valence-electron chi connectivity index (χ2n) is 10.4. The number of carbonyl (C=O) groups excluding carboxylic acids is 1. The highest BCUT2D eigenvalue weighted by molar-refractivity contribution is 6.06. The second-order valence-corrected chi connectivity index (χ2v) is 10.4. The highest BCUT2D eigenvalue weighted by Gasteiger charge is 2.24. The molecule has 4 nitrogen and oxygen atoms in total. The molecule has 2 heterocycles. The number of amides is 1. The number of aryl methyl sites for hydroxylation is 2. The van der Waals surface area contributed by atoms with Crippen LogP contribution in [-0.4, -0.2) is 41.5 Å². The Bertz CT molecular complexity index is 1160. The summed E-state index contributed by atoms with van der Waals surface area (Å²) in [6.07, 6.45) is 8.25. The Labute approximate surface area is 203 Å². The maximum Gasteiger partial charge on any atom is 0.252 e. The molecule has 1 saturated carbocycles. The van der Waals surface area contributed by atoms with Crippen molar-refractivity contribution in [3.63, 3.8) is 0 Å². The maximum atomic E-state index is 13.1. The van der Waals surface area contributed by atoms with E-state index in [1.807, 2.05) is 37.3 Å². The summed E-state index contributed by atoms with van der Waals surface area (Å²) in [5, 5.41) is 4.27. The molecule has 1 N–H and O–H groups in total. The molecule has 1 aromatic heterocycles. The number of nitrogens with zero attached hydrogens (tertiary/aromatic N) is 2. The smallest absolute Gasteiger partial charge is 0.252 e. The van der Waals surface area contributed by atoms with Crippen molar-refractivity contribution in [2.24, 2.45) is 5.92 Å². The van der Waals surface area contributed by atoms with Crippen LogP contribution in [0, 0.1) is 19.8 Å². The van der Waals surface area contributed by atoms with Crippen LogP contribution in [-0.2, 0) is 12.8 Å². The average Bonchev–Trinajstić information content (AvgIpc) is 3.05. The normalized spacial score (nSPS) is 21.1. The van der Waals surface area contributed by atoms with E-state index in [9.17, 15) is 4.79 Å². The van der Waals surface area contributed by atoms with Gasteiger partial charge in [-0.25, -0.2) is 0 Å². The van der Waals surface area contributed by atoms with Crippen LogP contribution in [0.4, 0.5) is 0 Å². The molecule has 0 spiro atoms. The molecule has 3 aromatic rings. The standard InChI is InChI=1S/C30H37N3O/c1-21-7-10-24-14-17-33(18-15-25(24)19-21)16-13-23-8-11-26(12-9-23)32-30(34)28-20-22(2)31-29-6-4-3-5-27(28)29/h3-7,10,19-20,23,26H,8-9,11-18H2,1-2H3,(H,32,34). The number of carbonyl (C=O) groups is 1. The zero-order valence-electron chi connectivity index (χ0n) is 20.6. The van der Waals surface area contributed by atoms with E-state index in [-0.39, 0.29) is 11.9 Å². The van der Waals surface area contributed by atoms with E-state index in [1.165, 1.54) is 57.3 Å². The van der Waals surface area contributed by atoms with Crippen LogP contribution in [0.1, 0.15) is 64.8 Å². The molecule has 0 bridgehead atoms. The number of nitrogens with one attached hydrogen (secondary N) is 1. The Balaban J connectivity index is 1.10. The fourth-order valence-electron chi connectivity index (χ4n) is 5.84. The lowest BCUT2D eigenvalue weighted by molar-refractivity contribution is 0.0921. The van der Waals surface area contributed by atoms with Crippen LogP contribution < -0.4 is 5.32 Å². The minimum absolute atomic E-state index is 0.0459. The zero-order valence-corrected chi connectivity index (χ0v) is 20.6. The van der Waals surface area contributed by atoms with Crippen molar-refractivity contribution in [1.82, 2.24) is 15.2 Å². The van der Waals surface area contributed by atoms with Crippen LogP contribution in [0.25, 0.3) is 10.9 Å². The van der Waals surface area contributed by atoms with Gasteiger partial charge in [0, 0.05) is 30.2 Å². The third-order valence-corrected chi connectivity index (χ3v) is 7.88. The van der Waals surface area contributed by atoms with Crippen molar-refractivity contribution < 1.29 is 4.79 Å². The van der Waals surface area contributed by atoms with Gasteiger partial charge in [-0.15, -0.1) is 0 Å². The zero-order chi connectivity index (χ0) is 23.5. The third kappa shape index (κ3) is 5.33. The fourth-order valence-corrected chi connectivity index (χ4v) is 5.84. The van der Waals surface area contributed by atoms with Gasteiger partial charge < -0.3 is 10.2 Å². The van der Waals surface area contributed by atoms with Gasteiger partial charge in [0.05, 0.1) is 11.1 Å². The van der Waals surface area contributed by atoms with E-state index in [2.05, 4.69) is 40.3 Å². The van der Waals surface area contributed by atoms with Crippen molar-refractivity contribution in [1.29, 1.82) is 0 Å². The summed E-state index contributed by atoms with van der Waals surface area (Å²) in [5.41, 5.74) is 7.01. The van der Waals surface area contributed by atoms with Gasteiger partial charge >= 0.3 is 0 Å². The number of para-hydroxylation sites is 1. The largest absolute Gasteiger partial charge is 0.349 e. The molecule has 1 amide bonds. The Morgan fingerprint density at radius 1 is 0.971 bits per heavy atom. The minimum Gasteiger partial charge on any atom is -0.349 e. The Hall–Kier alpha value is -2.72. The van der Waals surface area contributed by atoms with Crippen LogP contribution in [0.15, 0.2) is 48.5 Å². The number of fused-ring (bicyclic) bond motifs is 2. The summed E-state index contributed by atoms with van der Waals surface area (Å²) >= 11 is 0. The molecule has 1 aliphatic carbocycles. The number of hydrogen-bond acceptors (Lipinski definition) is 3. The van der Waals surface area contributed by atoms with Crippen LogP contribution >= 0.6 is 0 Å². The van der Waals surface area contributed by atoms with Gasteiger partial charge in [-0.05, 0) is 94.5 Å². The summed E-state index contributed by atoms with van der Waals surface area (Å²) < 4.78 is 0. The molecule has 0 saturated heterocycles. The van der Waals surface area contributed by atoms with Crippen molar-refractivity contribution in [3.05, 3.63) is 76.5 Å². The van der Waals surface area contributed by atoms with E-state index < -0.39 is 0 Å². The lowest BCUT2D eigenvalue weighted by Gasteiger charge is -2.31. The van der Waals surface area contributed by atoms with Crippen LogP contribution in [0.5, 0.6) is 0 Å². The molecule has 178 valence electrons. The van der Waals surface area contributed by atoms with E-state index in [1.54, 1.807) is 11.1 Å². The van der Waals surface area contributed by atoms with Gasteiger partial charge in [-0.1, -0.05) is 42.0 Å². The maximum absolute atomic E-state index is 13.1.